The van der Waals surface area contributed by atoms with Crippen LogP contribution in [0, 0.1) is 5.92 Å². The van der Waals surface area contributed by atoms with Crippen molar-refractivity contribution >= 4 is 16.9 Å². The highest BCUT2D eigenvalue weighted by Gasteiger charge is 2.57. The number of amidine groups is 1. The number of fused-ring (bicyclic) bond motifs is 1. The summed E-state index contributed by atoms with van der Waals surface area (Å²) in [5.74, 6) is 0.385. The second-order valence-corrected chi connectivity index (χ2v) is 9.06. The first kappa shape index (κ1) is 22.1. The van der Waals surface area contributed by atoms with Crippen molar-refractivity contribution in [3.8, 4) is 0 Å². The summed E-state index contributed by atoms with van der Waals surface area (Å²) in [5.41, 5.74) is -0.785. The van der Waals surface area contributed by atoms with Gasteiger partial charge >= 0.3 is 6.18 Å². The van der Waals surface area contributed by atoms with E-state index in [1.54, 1.807) is 19.0 Å². The van der Waals surface area contributed by atoms with Gasteiger partial charge in [-0.1, -0.05) is 43.9 Å². The minimum absolute atomic E-state index is 0.0434. The third-order valence-electron chi connectivity index (χ3n) is 5.64. The molecule has 1 saturated heterocycles. The number of halogens is 3. The maximum absolute atomic E-state index is 13.7. The first-order valence-corrected chi connectivity index (χ1v) is 10.7. The summed E-state index contributed by atoms with van der Waals surface area (Å²) in [6.45, 7) is -0.0434. The minimum atomic E-state index is -4.71. The summed E-state index contributed by atoms with van der Waals surface area (Å²) in [4.78, 5) is 5.97. The standard InChI is InChI=1S/C18H29F3N2O4S/c1-23(2)17-22-11-12(24)13(25)14(27-16(11)28-17)15(18(19,20)21)26-9-8-10-6-4-3-5-7-10/h10-16,24-25H,3-9H2,1-2H3. The number of aliphatic hydroxyl groups excluding tert-OH is 2. The van der Waals surface area contributed by atoms with Crippen LogP contribution >= 0.6 is 11.8 Å². The van der Waals surface area contributed by atoms with Crippen molar-refractivity contribution in [1.29, 1.82) is 0 Å². The average molecular weight is 427 g/mol. The van der Waals surface area contributed by atoms with Crippen LogP contribution in [0.5, 0.6) is 0 Å². The number of aliphatic hydroxyl groups is 2. The third kappa shape index (κ3) is 4.95. The molecular formula is C18H29F3N2O4S. The van der Waals surface area contributed by atoms with Gasteiger partial charge in [0.1, 0.15) is 29.8 Å². The van der Waals surface area contributed by atoms with E-state index in [4.69, 9.17) is 9.47 Å². The van der Waals surface area contributed by atoms with E-state index in [1.807, 2.05) is 0 Å². The normalized spacial score (nSPS) is 35.4. The van der Waals surface area contributed by atoms with Crippen LogP contribution in [0.1, 0.15) is 38.5 Å². The van der Waals surface area contributed by atoms with Crippen molar-refractivity contribution in [2.45, 2.75) is 80.6 Å². The van der Waals surface area contributed by atoms with Crippen molar-refractivity contribution in [3.63, 3.8) is 0 Å². The Labute approximate surface area is 167 Å². The number of nitrogens with zero attached hydrogens (tertiary/aromatic N) is 2. The highest BCUT2D eigenvalue weighted by atomic mass is 32.2. The van der Waals surface area contributed by atoms with Crippen LogP contribution in [-0.4, -0.2) is 83.1 Å². The van der Waals surface area contributed by atoms with E-state index in [2.05, 4.69) is 4.99 Å². The Hall–Kier alpha value is -0.550. The fraction of sp³-hybridized carbons (Fsp3) is 0.944. The van der Waals surface area contributed by atoms with E-state index in [-0.39, 0.29) is 6.61 Å². The average Bonchev–Trinajstić information content (AvgIpc) is 3.07. The SMILES string of the molecule is CN(C)C1=NC2C(OC(C(OCCC3CCCCC3)C(F)(F)F)C(O)C2O)S1. The lowest BCUT2D eigenvalue weighted by molar-refractivity contribution is -0.284. The molecule has 3 rings (SSSR count). The Morgan fingerprint density at radius 2 is 1.89 bits per heavy atom. The molecule has 162 valence electrons. The van der Waals surface area contributed by atoms with Gasteiger partial charge in [-0.05, 0) is 12.3 Å². The summed E-state index contributed by atoms with van der Waals surface area (Å²) >= 11 is 1.15. The van der Waals surface area contributed by atoms with Crippen molar-refractivity contribution in [1.82, 2.24) is 4.90 Å². The molecule has 2 aliphatic heterocycles. The molecule has 6 nitrogen and oxygen atoms in total. The molecule has 0 bridgehead atoms. The zero-order chi connectivity index (χ0) is 20.5. The highest BCUT2D eigenvalue weighted by molar-refractivity contribution is 8.14. The zero-order valence-electron chi connectivity index (χ0n) is 16.1. The first-order chi connectivity index (χ1) is 13.2. The maximum atomic E-state index is 13.7. The second-order valence-electron chi connectivity index (χ2n) is 7.99. The molecule has 6 atom stereocenters. The summed E-state index contributed by atoms with van der Waals surface area (Å²) in [7, 11) is 3.49. The zero-order valence-corrected chi connectivity index (χ0v) is 17.0. The lowest BCUT2D eigenvalue weighted by Crippen LogP contribution is -2.61. The molecule has 0 aromatic rings. The Kier molecular flexibility index (Phi) is 7.18. The molecule has 0 aromatic carbocycles. The quantitative estimate of drug-likeness (QED) is 0.703. The molecule has 0 radical (unpaired) electrons. The summed E-state index contributed by atoms with van der Waals surface area (Å²) in [6, 6.07) is -0.801. The summed E-state index contributed by atoms with van der Waals surface area (Å²) in [6.07, 6.45) is -5.85. The number of rotatable bonds is 5. The van der Waals surface area contributed by atoms with Crippen LogP contribution in [-0.2, 0) is 9.47 Å². The first-order valence-electron chi connectivity index (χ1n) is 9.80. The van der Waals surface area contributed by atoms with Gasteiger partial charge in [0, 0.05) is 20.7 Å². The number of thioether (sulfide) groups is 1. The van der Waals surface area contributed by atoms with Crippen LogP contribution in [0.3, 0.4) is 0 Å². The Bertz CT molecular complexity index is 557. The molecule has 2 heterocycles. The molecule has 2 N–H and O–H groups in total. The van der Waals surface area contributed by atoms with Gasteiger partial charge in [0.25, 0.3) is 0 Å². The van der Waals surface area contributed by atoms with Gasteiger partial charge in [0.05, 0.1) is 0 Å². The van der Waals surface area contributed by atoms with E-state index < -0.39 is 42.1 Å². The van der Waals surface area contributed by atoms with Crippen LogP contribution in [0.25, 0.3) is 0 Å². The number of hydrogen-bond acceptors (Lipinski definition) is 7. The van der Waals surface area contributed by atoms with Crippen LogP contribution in [0.15, 0.2) is 4.99 Å². The van der Waals surface area contributed by atoms with Gasteiger partial charge < -0.3 is 24.6 Å². The van der Waals surface area contributed by atoms with Gasteiger partial charge in [0.15, 0.2) is 11.3 Å². The minimum Gasteiger partial charge on any atom is -0.388 e. The van der Waals surface area contributed by atoms with Gasteiger partial charge in [-0.25, -0.2) is 0 Å². The predicted molar refractivity (Wildman–Crippen MR) is 100 cm³/mol. The maximum Gasteiger partial charge on any atom is 0.417 e. The molecule has 0 amide bonds. The van der Waals surface area contributed by atoms with Crippen molar-refractivity contribution < 1.29 is 32.9 Å². The molecule has 0 spiro atoms. The Balaban J connectivity index is 1.65. The lowest BCUT2D eigenvalue weighted by atomic mass is 9.87. The Morgan fingerprint density at radius 1 is 1.21 bits per heavy atom. The largest absolute Gasteiger partial charge is 0.417 e. The van der Waals surface area contributed by atoms with Crippen LogP contribution in [0.4, 0.5) is 13.2 Å². The molecule has 2 fully saturated rings. The topological polar surface area (TPSA) is 74.5 Å². The van der Waals surface area contributed by atoms with Crippen LogP contribution < -0.4 is 0 Å². The van der Waals surface area contributed by atoms with Crippen molar-refractivity contribution in [2.24, 2.45) is 10.9 Å². The Morgan fingerprint density at radius 3 is 2.50 bits per heavy atom. The summed E-state index contributed by atoms with van der Waals surface area (Å²) < 4.78 is 51.8. The molecule has 6 unspecified atom stereocenters. The van der Waals surface area contributed by atoms with E-state index in [9.17, 15) is 23.4 Å². The molecule has 1 saturated carbocycles. The highest BCUT2D eigenvalue weighted by Crippen LogP contribution is 2.41. The van der Waals surface area contributed by atoms with E-state index in [0.717, 1.165) is 37.4 Å². The monoisotopic (exact) mass is 426 g/mol. The fourth-order valence-electron chi connectivity index (χ4n) is 4.05. The smallest absolute Gasteiger partial charge is 0.388 e. The lowest BCUT2D eigenvalue weighted by Gasteiger charge is -2.41. The molecular weight excluding hydrogens is 397 g/mol. The molecule has 10 heteroatoms. The van der Waals surface area contributed by atoms with Gasteiger partial charge in [-0.15, -0.1) is 0 Å². The summed E-state index contributed by atoms with van der Waals surface area (Å²) in [5, 5.41) is 21.3. The molecule has 28 heavy (non-hydrogen) atoms. The number of ether oxygens (including phenoxy) is 2. The van der Waals surface area contributed by atoms with E-state index >= 15 is 0 Å². The van der Waals surface area contributed by atoms with Crippen molar-refractivity contribution in [3.05, 3.63) is 0 Å². The molecule has 0 aromatic heterocycles. The molecule has 3 aliphatic rings. The van der Waals surface area contributed by atoms with Gasteiger partial charge in [-0.3, -0.25) is 4.99 Å². The number of alkyl halides is 3. The van der Waals surface area contributed by atoms with Gasteiger partial charge in [0.2, 0.25) is 0 Å². The predicted octanol–water partition coefficient (Wildman–Crippen LogP) is 2.38. The van der Waals surface area contributed by atoms with Crippen molar-refractivity contribution in [2.75, 3.05) is 20.7 Å². The van der Waals surface area contributed by atoms with E-state index in [1.165, 1.54) is 6.42 Å². The number of aliphatic imine (C=N–C) groups is 1. The number of hydrogen-bond donors (Lipinski definition) is 2. The van der Waals surface area contributed by atoms with E-state index in [0.29, 0.717) is 17.5 Å². The third-order valence-corrected chi connectivity index (χ3v) is 6.94. The van der Waals surface area contributed by atoms with Crippen LogP contribution in [0.2, 0.25) is 0 Å². The molecule has 1 aliphatic carbocycles. The second kappa shape index (κ2) is 9.07. The van der Waals surface area contributed by atoms with Gasteiger partial charge in [-0.2, -0.15) is 13.2 Å². The fourth-order valence-corrected chi connectivity index (χ4v) is 5.20.